The first-order valence-electron chi connectivity index (χ1n) is 3.59. The van der Waals surface area contributed by atoms with Gasteiger partial charge in [0.15, 0.2) is 0 Å². The number of hydrogen-bond donors (Lipinski definition) is 2. The predicted octanol–water partition coefficient (Wildman–Crippen LogP) is 0.473. The van der Waals surface area contributed by atoms with E-state index in [1.54, 1.807) is 0 Å². The maximum Gasteiger partial charge on any atom is 0.0522 e. The van der Waals surface area contributed by atoms with E-state index in [2.05, 4.69) is 17.1 Å². The molecule has 0 aromatic carbocycles. The average molecular weight is 139 g/mol. The lowest BCUT2D eigenvalue weighted by Gasteiger charge is -1.95. The van der Waals surface area contributed by atoms with Gasteiger partial charge in [-0.2, -0.15) is 5.10 Å². The van der Waals surface area contributed by atoms with E-state index in [0.29, 0.717) is 6.54 Å². The van der Waals surface area contributed by atoms with Crippen LogP contribution in [0.15, 0.2) is 6.20 Å². The first-order chi connectivity index (χ1) is 4.88. The molecule has 1 aromatic rings. The van der Waals surface area contributed by atoms with E-state index in [-0.39, 0.29) is 0 Å². The fourth-order valence-corrected chi connectivity index (χ4v) is 1.01. The summed E-state index contributed by atoms with van der Waals surface area (Å²) in [4.78, 5) is 0. The maximum absolute atomic E-state index is 5.40. The molecule has 0 aliphatic heterocycles. The molecule has 10 heavy (non-hydrogen) atoms. The molecule has 3 heteroatoms. The predicted molar refractivity (Wildman–Crippen MR) is 40.7 cm³/mol. The molecule has 0 radical (unpaired) electrons. The molecule has 1 heterocycles. The molecule has 56 valence electrons. The maximum atomic E-state index is 5.40. The summed E-state index contributed by atoms with van der Waals surface area (Å²) in [5.74, 6) is 0. The van der Waals surface area contributed by atoms with E-state index in [9.17, 15) is 0 Å². The number of nitrogens with two attached hydrogens (primary N) is 1. The van der Waals surface area contributed by atoms with Gasteiger partial charge >= 0.3 is 0 Å². The Balaban J connectivity index is 2.70. The third kappa shape index (κ3) is 1.36. The van der Waals surface area contributed by atoms with Crippen molar-refractivity contribution in [2.75, 3.05) is 6.54 Å². The van der Waals surface area contributed by atoms with Gasteiger partial charge in [-0.3, -0.25) is 5.10 Å². The van der Waals surface area contributed by atoms with E-state index >= 15 is 0 Å². The lowest BCUT2D eigenvalue weighted by molar-refractivity contribution is 0.921. The Hall–Kier alpha value is -0.830. The summed E-state index contributed by atoms with van der Waals surface area (Å²) in [5, 5.41) is 6.87. The Kier molecular flexibility index (Phi) is 2.45. The Bertz CT molecular complexity index is 192. The number of aryl methyl sites for hydroxylation is 1. The van der Waals surface area contributed by atoms with Crippen LogP contribution >= 0.6 is 0 Å². The quantitative estimate of drug-likeness (QED) is 0.639. The fraction of sp³-hybridized carbons (Fsp3) is 0.571. The molecule has 0 unspecified atom stereocenters. The van der Waals surface area contributed by atoms with Crippen LogP contribution in [-0.4, -0.2) is 16.7 Å². The van der Waals surface area contributed by atoms with Crippen molar-refractivity contribution in [3.05, 3.63) is 17.5 Å². The summed E-state index contributed by atoms with van der Waals surface area (Å²) in [5.41, 5.74) is 7.87. The fourth-order valence-electron chi connectivity index (χ4n) is 1.01. The molecule has 0 fully saturated rings. The lowest BCUT2D eigenvalue weighted by Crippen LogP contribution is -2.03. The molecule has 0 saturated carbocycles. The van der Waals surface area contributed by atoms with Crippen LogP contribution in [0.4, 0.5) is 0 Å². The van der Waals surface area contributed by atoms with E-state index in [0.717, 1.165) is 12.8 Å². The minimum atomic E-state index is 0.701. The summed E-state index contributed by atoms with van der Waals surface area (Å²) in [6, 6.07) is 0. The zero-order valence-electron chi connectivity index (χ0n) is 6.22. The molecule has 3 N–H and O–H groups in total. The van der Waals surface area contributed by atoms with Crippen LogP contribution < -0.4 is 5.73 Å². The number of aromatic nitrogens is 2. The number of nitrogens with one attached hydrogen (secondary N) is 1. The summed E-state index contributed by atoms with van der Waals surface area (Å²) in [7, 11) is 0. The van der Waals surface area contributed by atoms with Crippen molar-refractivity contribution in [1.29, 1.82) is 0 Å². The minimum absolute atomic E-state index is 0.701. The molecule has 3 nitrogen and oxygen atoms in total. The van der Waals surface area contributed by atoms with Gasteiger partial charge in [0.05, 0.1) is 6.20 Å². The van der Waals surface area contributed by atoms with Crippen molar-refractivity contribution in [1.82, 2.24) is 10.2 Å². The summed E-state index contributed by atoms with van der Waals surface area (Å²) in [6.45, 7) is 2.81. The standard InChI is InChI=1S/C7H13N3/c1-2-7-6(3-4-8)5-9-10-7/h5H,2-4,8H2,1H3,(H,9,10). The topological polar surface area (TPSA) is 54.7 Å². The van der Waals surface area contributed by atoms with Crippen LogP contribution in [0, 0.1) is 0 Å². The summed E-state index contributed by atoms with van der Waals surface area (Å²) >= 11 is 0. The Morgan fingerprint density at radius 2 is 2.50 bits per heavy atom. The first kappa shape index (κ1) is 7.28. The summed E-state index contributed by atoms with van der Waals surface area (Å²) in [6.07, 6.45) is 3.79. The van der Waals surface area contributed by atoms with Crippen LogP contribution in [0.5, 0.6) is 0 Å². The lowest BCUT2D eigenvalue weighted by atomic mass is 10.1. The van der Waals surface area contributed by atoms with Gasteiger partial charge < -0.3 is 5.73 Å². The SMILES string of the molecule is CCc1[nH]ncc1CCN. The molecule has 0 spiro atoms. The molecule has 0 amide bonds. The van der Waals surface area contributed by atoms with E-state index in [4.69, 9.17) is 5.73 Å². The van der Waals surface area contributed by atoms with Gasteiger partial charge in [-0.25, -0.2) is 0 Å². The Labute approximate surface area is 60.6 Å². The van der Waals surface area contributed by atoms with E-state index in [1.807, 2.05) is 6.20 Å². The molecule has 0 aliphatic rings. The first-order valence-corrected chi connectivity index (χ1v) is 3.59. The molecule has 0 aliphatic carbocycles. The minimum Gasteiger partial charge on any atom is -0.330 e. The number of rotatable bonds is 3. The van der Waals surface area contributed by atoms with Crippen molar-refractivity contribution in [3.8, 4) is 0 Å². The third-order valence-electron chi connectivity index (χ3n) is 1.57. The van der Waals surface area contributed by atoms with Crippen molar-refractivity contribution in [3.63, 3.8) is 0 Å². The van der Waals surface area contributed by atoms with Gasteiger partial charge in [-0.15, -0.1) is 0 Å². The zero-order chi connectivity index (χ0) is 7.40. The van der Waals surface area contributed by atoms with Gasteiger partial charge in [-0.1, -0.05) is 6.92 Å². The van der Waals surface area contributed by atoms with Crippen molar-refractivity contribution in [2.45, 2.75) is 19.8 Å². The molecule has 1 aromatic heterocycles. The number of H-pyrrole nitrogens is 1. The zero-order valence-corrected chi connectivity index (χ0v) is 6.22. The number of aromatic amines is 1. The van der Waals surface area contributed by atoms with Gasteiger partial charge in [0.2, 0.25) is 0 Å². The molecular weight excluding hydrogens is 126 g/mol. The van der Waals surface area contributed by atoms with Gasteiger partial charge in [0.25, 0.3) is 0 Å². The average Bonchev–Trinajstić information content (AvgIpc) is 2.36. The normalized spacial score (nSPS) is 10.2. The molecule has 0 bridgehead atoms. The highest BCUT2D eigenvalue weighted by molar-refractivity contribution is 5.16. The monoisotopic (exact) mass is 139 g/mol. The molecule has 0 saturated heterocycles. The third-order valence-corrected chi connectivity index (χ3v) is 1.57. The largest absolute Gasteiger partial charge is 0.330 e. The second kappa shape index (κ2) is 3.37. The van der Waals surface area contributed by atoms with Crippen molar-refractivity contribution < 1.29 is 0 Å². The molecule has 1 rings (SSSR count). The second-order valence-corrected chi connectivity index (χ2v) is 2.27. The number of hydrogen-bond acceptors (Lipinski definition) is 2. The van der Waals surface area contributed by atoms with Gasteiger partial charge in [0, 0.05) is 5.69 Å². The van der Waals surface area contributed by atoms with Crippen LogP contribution in [0.25, 0.3) is 0 Å². The molecular formula is C7H13N3. The van der Waals surface area contributed by atoms with Crippen molar-refractivity contribution in [2.24, 2.45) is 5.73 Å². The summed E-state index contributed by atoms with van der Waals surface area (Å²) < 4.78 is 0. The van der Waals surface area contributed by atoms with Crippen LogP contribution in [0.1, 0.15) is 18.2 Å². The van der Waals surface area contributed by atoms with Crippen molar-refractivity contribution >= 4 is 0 Å². The highest BCUT2D eigenvalue weighted by Gasteiger charge is 1.99. The van der Waals surface area contributed by atoms with E-state index in [1.165, 1.54) is 11.3 Å². The highest BCUT2D eigenvalue weighted by atomic mass is 15.1. The highest BCUT2D eigenvalue weighted by Crippen LogP contribution is 2.04. The second-order valence-electron chi connectivity index (χ2n) is 2.27. The van der Waals surface area contributed by atoms with Crippen LogP contribution in [-0.2, 0) is 12.8 Å². The molecule has 0 atom stereocenters. The number of nitrogens with zero attached hydrogens (tertiary/aromatic N) is 1. The van der Waals surface area contributed by atoms with E-state index < -0.39 is 0 Å². The Morgan fingerprint density at radius 1 is 1.70 bits per heavy atom. The van der Waals surface area contributed by atoms with Gasteiger partial charge in [0.1, 0.15) is 0 Å². The van der Waals surface area contributed by atoms with Gasteiger partial charge in [-0.05, 0) is 24.9 Å². The smallest absolute Gasteiger partial charge is 0.0522 e. The Morgan fingerprint density at radius 3 is 3.10 bits per heavy atom. The van der Waals surface area contributed by atoms with Crippen LogP contribution in [0.3, 0.4) is 0 Å². The van der Waals surface area contributed by atoms with Crippen LogP contribution in [0.2, 0.25) is 0 Å².